The summed E-state index contributed by atoms with van der Waals surface area (Å²) >= 11 is 0. The topological polar surface area (TPSA) is 84.2 Å². The van der Waals surface area contributed by atoms with Gasteiger partial charge in [0.05, 0.1) is 23.0 Å². The Balaban J connectivity index is 2.84. The highest BCUT2D eigenvalue weighted by Gasteiger charge is 2.23. The minimum Gasteiger partial charge on any atom is -0.481 e. The first-order chi connectivity index (χ1) is 9.66. The molecule has 118 valence electrons. The van der Waals surface area contributed by atoms with Gasteiger partial charge >= 0.3 is 5.97 Å². The van der Waals surface area contributed by atoms with Gasteiger partial charge in [0.1, 0.15) is 0 Å². The molecule has 1 amide bonds. The van der Waals surface area contributed by atoms with E-state index in [0.29, 0.717) is 18.4 Å². The second-order valence-corrected chi connectivity index (χ2v) is 6.25. The van der Waals surface area contributed by atoms with Crippen molar-refractivity contribution in [3.63, 3.8) is 0 Å². The number of nitrogens with one attached hydrogen (secondary N) is 1. The molecule has 1 heterocycles. The SMILES string of the molecule is CCc1c(C(=O)NC(C)CCC(=O)O)cnn1C(C)(C)C. The van der Waals surface area contributed by atoms with Crippen LogP contribution in [0.2, 0.25) is 0 Å². The molecule has 1 aromatic rings. The summed E-state index contributed by atoms with van der Waals surface area (Å²) in [5.41, 5.74) is 1.28. The maximum absolute atomic E-state index is 12.3. The third kappa shape index (κ3) is 4.58. The van der Waals surface area contributed by atoms with Crippen LogP contribution in [0.1, 0.15) is 63.5 Å². The number of nitrogens with zero attached hydrogens (tertiary/aromatic N) is 2. The Morgan fingerprint density at radius 2 is 2.05 bits per heavy atom. The smallest absolute Gasteiger partial charge is 0.303 e. The van der Waals surface area contributed by atoms with Crippen molar-refractivity contribution in [2.75, 3.05) is 0 Å². The summed E-state index contributed by atoms with van der Waals surface area (Å²) in [6.07, 6.45) is 2.76. The summed E-state index contributed by atoms with van der Waals surface area (Å²) < 4.78 is 1.86. The third-order valence-electron chi connectivity index (χ3n) is 3.25. The molecule has 1 aromatic heterocycles. The fraction of sp³-hybridized carbons (Fsp3) is 0.667. The van der Waals surface area contributed by atoms with Gasteiger partial charge < -0.3 is 10.4 Å². The van der Waals surface area contributed by atoms with E-state index < -0.39 is 5.97 Å². The fourth-order valence-electron chi connectivity index (χ4n) is 2.20. The van der Waals surface area contributed by atoms with Crippen LogP contribution in [0, 0.1) is 0 Å². The standard InChI is InChI=1S/C15H25N3O3/c1-6-12-11(9-16-18(12)15(3,4)5)14(21)17-10(2)7-8-13(19)20/h9-10H,6-8H2,1-5H3,(H,17,21)(H,19,20). The number of carboxylic acid groups (broad SMARTS) is 1. The molecule has 0 fully saturated rings. The van der Waals surface area contributed by atoms with Crippen LogP contribution in [0.5, 0.6) is 0 Å². The molecule has 2 N–H and O–H groups in total. The number of carbonyl (C=O) groups is 2. The Labute approximate surface area is 125 Å². The summed E-state index contributed by atoms with van der Waals surface area (Å²) in [6.45, 7) is 9.91. The van der Waals surface area contributed by atoms with E-state index in [-0.39, 0.29) is 23.9 Å². The molecule has 0 aliphatic heterocycles. The Kier molecular flexibility index (Phi) is 5.52. The molecule has 0 aliphatic rings. The normalized spacial score (nSPS) is 13.0. The highest BCUT2D eigenvalue weighted by Crippen LogP contribution is 2.19. The average Bonchev–Trinajstić information content (AvgIpc) is 2.79. The van der Waals surface area contributed by atoms with E-state index in [9.17, 15) is 9.59 Å². The van der Waals surface area contributed by atoms with Crippen LogP contribution >= 0.6 is 0 Å². The van der Waals surface area contributed by atoms with Crippen molar-refractivity contribution in [3.05, 3.63) is 17.5 Å². The van der Waals surface area contributed by atoms with Crippen molar-refractivity contribution in [1.29, 1.82) is 0 Å². The zero-order chi connectivity index (χ0) is 16.2. The van der Waals surface area contributed by atoms with E-state index in [2.05, 4.69) is 10.4 Å². The number of carbonyl (C=O) groups excluding carboxylic acids is 1. The molecule has 0 spiro atoms. The molecule has 0 bridgehead atoms. The molecule has 6 heteroatoms. The molecular weight excluding hydrogens is 270 g/mol. The van der Waals surface area contributed by atoms with Crippen LogP contribution in [0.15, 0.2) is 6.20 Å². The number of rotatable bonds is 6. The number of aromatic nitrogens is 2. The fourth-order valence-corrected chi connectivity index (χ4v) is 2.20. The zero-order valence-electron chi connectivity index (χ0n) is 13.4. The van der Waals surface area contributed by atoms with Crippen LogP contribution < -0.4 is 5.32 Å². The van der Waals surface area contributed by atoms with E-state index in [1.165, 1.54) is 0 Å². The summed E-state index contributed by atoms with van der Waals surface area (Å²) in [5.74, 6) is -1.05. The highest BCUT2D eigenvalue weighted by molar-refractivity contribution is 5.95. The van der Waals surface area contributed by atoms with Gasteiger partial charge in [-0.05, 0) is 40.5 Å². The molecule has 1 unspecified atom stereocenters. The van der Waals surface area contributed by atoms with Crippen molar-refractivity contribution < 1.29 is 14.7 Å². The molecule has 6 nitrogen and oxygen atoms in total. The van der Waals surface area contributed by atoms with E-state index in [4.69, 9.17) is 5.11 Å². The van der Waals surface area contributed by atoms with Crippen LogP contribution in [-0.4, -0.2) is 32.8 Å². The zero-order valence-corrected chi connectivity index (χ0v) is 13.4. The van der Waals surface area contributed by atoms with E-state index in [1.54, 1.807) is 13.1 Å². The Morgan fingerprint density at radius 3 is 2.52 bits per heavy atom. The Bertz CT molecular complexity index is 515. The summed E-state index contributed by atoms with van der Waals surface area (Å²) in [5, 5.41) is 15.8. The lowest BCUT2D eigenvalue weighted by molar-refractivity contribution is -0.137. The number of carboxylic acids is 1. The van der Waals surface area contributed by atoms with Gasteiger partial charge in [0.2, 0.25) is 0 Å². The van der Waals surface area contributed by atoms with Gasteiger partial charge in [0.15, 0.2) is 0 Å². The lowest BCUT2D eigenvalue weighted by Gasteiger charge is -2.22. The maximum atomic E-state index is 12.3. The van der Waals surface area contributed by atoms with Gasteiger partial charge in [-0.1, -0.05) is 6.92 Å². The van der Waals surface area contributed by atoms with Crippen molar-refractivity contribution in [3.8, 4) is 0 Å². The summed E-state index contributed by atoms with van der Waals surface area (Å²) in [4.78, 5) is 22.9. The Morgan fingerprint density at radius 1 is 1.43 bits per heavy atom. The number of hydrogen-bond acceptors (Lipinski definition) is 3. The van der Waals surface area contributed by atoms with E-state index in [1.807, 2.05) is 32.4 Å². The maximum Gasteiger partial charge on any atom is 0.303 e. The Hall–Kier alpha value is -1.85. The first-order valence-corrected chi connectivity index (χ1v) is 7.26. The molecule has 0 aliphatic carbocycles. The molecular formula is C15H25N3O3. The van der Waals surface area contributed by atoms with Crippen molar-refractivity contribution in [1.82, 2.24) is 15.1 Å². The second kappa shape index (κ2) is 6.74. The van der Waals surface area contributed by atoms with Gasteiger partial charge in [0.25, 0.3) is 5.91 Å². The number of hydrogen-bond donors (Lipinski definition) is 2. The largest absolute Gasteiger partial charge is 0.481 e. The quantitative estimate of drug-likeness (QED) is 0.842. The lowest BCUT2D eigenvalue weighted by Crippen LogP contribution is -2.34. The van der Waals surface area contributed by atoms with Crippen LogP contribution in [0.3, 0.4) is 0 Å². The van der Waals surface area contributed by atoms with Gasteiger partial charge in [-0.3, -0.25) is 14.3 Å². The highest BCUT2D eigenvalue weighted by atomic mass is 16.4. The predicted octanol–water partition coefficient (Wildman–Crippen LogP) is 2.18. The van der Waals surface area contributed by atoms with Crippen molar-refractivity contribution in [2.24, 2.45) is 0 Å². The average molecular weight is 295 g/mol. The van der Waals surface area contributed by atoms with Gasteiger partial charge in [0, 0.05) is 12.5 Å². The van der Waals surface area contributed by atoms with Crippen LogP contribution in [0.25, 0.3) is 0 Å². The molecule has 0 saturated carbocycles. The molecule has 21 heavy (non-hydrogen) atoms. The molecule has 1 rings (SSSR count). The minimum absolute atomic E-state index is 0.0450. The minimum atomic E-state index is -0.856. The summed E-state index contributed by atoms with van der Waals surface area (Å²) in [7, 11) is 0. The number of amides is 1. The first kappa shape index (κ1) is 17.2. The molecule has 0 aromatic carbocycles. The molecule has 0 saturated heterocycles. The van der Waals surface area contributed by atoms with Gasteiger partial charge in [-0.15, -0.1) is 0 Å². The predicted molar refractivity (Wildman–Crippen MR) is 80.4 cm³/mol. The van der Waals surface area contributed by atoms with E-state index >= 15 is 0 Å². The van der Waals surface area contributed by atoms with Crippen LogP contribution in [-0.2, 0) is 16.8 Å². The molecule has 0 radical (unpaired) electrons. The molecule has 1 atom stereocenters. The van der Waals surface area contributed by atoms with E-state index in [0.717, 1.165) is 5.69 Å². The number of aliphatic carboxylic acids is 1. The first-order valence-electron chi connectivity index (χ1n) is 7.26. The third-order valence-corrected chi connectivity index (χ3v) is 3.25. The lowest BCUT2D eigenvalue weighted by atomic mass is 10.1. The van der Waals surface area contributed by atoms with Crippen molar-refractivity contribution in [2.45, 2.75) is 65.5 Å². The van der Waals surface area contributed by atoms with Gasteiger partial charge in [-0.2, -0.15) is 5.10 Å². The van der Waals surface area contributed by atoms with Crippen LogP contribution in [0.4, 0.5) is 0 Å². The monoisotopic (exact) mass is 295 g/mol. The summed E-state index contributed by atoms with van der Waals surface area (Å²) in [6, 6.07) is -0.184. The second-order valence-electron chi connectivity index (χ2n) is 6.25. The van der Waals surface area contributed by atoms with Gasteiger partial charge in [-0.25, -0.2) is 0 Å². The van der Waals surface area contributed by atoms with Crippen molar-refractivity contribution >= 4 is 11.9 Å².